The maximum absolute atomic E-state index is 2.24. The first-order valence-corrected chi connectivity index (χ1v) is 4.40. The normalized spacial score (nSPS) is 12.3. The van der Waals surface area contributed by atoms with Crippen molar-refractivity contribution >= 4 is 0 Å². The van der Waals surface area contributed by atoms with Crippen LogP contribution in [-0.4, -0.2) is 30.5 Å². The Morgan fingerprint density at radius 1 is 1.15 bits per heavy atom. The molecule has 0 saturated carbocycles. The summed E-state index contributed by atoms with van der Waals surface area (Å²) in [6.07, 6.45) is 1.13. The van der Waals surface area contributed by atoms with Gasteiger partial charge in [-0.25, -0.2) is 0 Å². The molecule has 2 heteroatoms. The van der Waals surface area contributed by atoms with E-state index in [1.165, 1.54) is 5.56 Å². The van der Waals surface area contributed by atoms with Gasteiger partial charge in [0.25, 0.3) is 0 Å². The van der Waals surface area contributed by atoms with Crippen LogP contribution in [0.4, 0.5) is 0 Å². The van der Waals surface area contributed by atoms with E-state index in [0.29, 0.717) is 6.04 Å². The van der Waals surface area contributed by atoms with Crippen LogP contribution in [0.3, 0.4) is 0 Å². The van der Waals surface area contributed by atoms with Gasteiger partial charge in [-0.15, -0.1) is 0 Å². The summed E-state index contributed by atoms with van der Waals surface area (Å²) >= 11 is 0. The molecule has 0 spiro atoms. The van der Waals surface area contributed by atoms with Crippen molar-refractivity contribution in [1.29, 1.82) is 0 Å². The van der Waals surface area contributed by atoms with E-state index in [9.17, 15) is 0 Å². The highest BCUT2D eigenvalue weighted by molar-refractivity contribution is 5.15. The van der Waals surface area contributed by atoms with Crippen molar-refractivity contribution < 1.29 is 5.48 Å². The van der Waals surface area contributed by atoms with E-state index in [4.69, 9.17) is 0 Å². The summed E-state index contributed by atoms with van der Waals surface area (Å²) in [6.45, 7) is 2.24. The van der Waals surface area contributed by atoms with Gasteiger partial charge < -0.3 is 10.4 Å². The maximum Gasteiger partial charge on any atom is 0.0101 e. The van der Waals surface area contributed by atoms with Gasteiger partial charge in [0.05, 0.1) is 0 Å². The van der Waals surface area contributed by atoms with Crippen LogP contribution in [0.15, 0.2) is 30.3 Å². The predicted molar refractivity (Wildman–Crippen MR) is 56.9 cm³/mol. The summed E-state index contributed by atoms with van der Waals surface area (Å²) in [6, 6.07) is 11.2. The Morgan fingerprint density at radius 3 is 2.15 bits per heavy atom. The summed E-state index contributed by atoms with van der Waals surface area (Å²) in [7, 11) is 4.24. The second-order valence-corrected chi connectivity index (χ2v) is 3.50. The van der Waals surface area contributed by atoms with Gasteiger partial charge >= 0.3 is 0 Å². The summed E-state index contributed by atoms with van der Waals surface area (Å²) in [5.74, 6) is 0. The van der Waals surface area contributed by atoms with Gasteiger partial charge in [-0.1, -0.05) is 30.3 Å². The molecule has 0 heterocycles. The molecule has 0 fully saturated rings. The van der Waals surface area contributed by atoms with Gasteiger partial charge in [-0.3, -0.25) is 0 Å². The number of likely N-dealkylation sites (N-methyl/N-ethyl adjacent to an activating group) is 1. The summed E-state index contributed by atoms with van der Waals surface area (Å²) in [5, 5.41) is 0. The molecule has 13 heavy (non-hydrogen) atoms. The molecule has 0 saturated heterocycles. The minimum absolute atomic E-state index is 0. The Bertz CT molecular complexity index is 221. The molecule has 74 valence electrons. The van der Waals surface area contributed by atoms with Gasteiger partial charge in [0, 0.05) is 6.04 Å². The molecular formula is C11H19NO. The molecule has 0 bridgehead atoms. The summed E-state index contributed by atoms with van der Waals surface area (Å²) in [4.78, 5) is 2.24. The Labute approximate surface area is 80.5 Å². The Hall–Kier alpha value is -0.860. The molecule has 1 rings (SSSR count). The van der Waals surface area contributed by atoms with Gasteiger partial charge in [-0.05, 0) is 33.0 Å². The number of benzene rings is 1. The SMILES string of the molecule is CC(Cc1ccccc1)N(C)C.O. The topological polar surface area (TPSA) is 34.7 Å². The van der Waals surface area contributed by atoms with Crippen molar-refractivity contribution in [2.75, 3.05) is 14.1 Å². The first-order chi connectivity index (χ1) is 5.70. The van der Waals surface area contributed by atoms with Crippen molar-refractivity contribution in [2.24, 2.45) is 0 Å². The predicted octanol–water partition coefficient (Wildman–Crippen LogP) is 1.35. The van der Waals surface area contributed by atoms with Gasteiger partial charge in [0.2, 0.25) is 0 Å². The highest BCUT2D eigenvalue weighted by Crippen LogP contribution is 2.05. The molecular weight excluding hydrogens is 162 g/mol. The number of rotatable bonds is 3. The fourth-order valence-electron chi connectivity index (χ4n) is 1.14. The third-order valence-corrected chi connectivity index (χ3v) is 2.26. The molecule has 1 aromatic rings. The Balaban J connectivity index is 0.00000144. The zero-order valence-corrected chi connectivity index (χ0v) is 8.62. The van der Waals surface area contributed by atoms with Crippen LogP contribution in [0.5, 0.6) is 0 Å². The molecule has 0 amide bonds. The van der Waals surface area contributed by atoms with Crippen LogP contribution in [0.2, 0.25) is 0 Å². The van der Waals surface area contributed by atoms with Gasteiger partial charge in [-0.2, -0.15) is 0 Å². The first-order valence-electron chi connectivity index (χ1n) is 4.40. The zero-order valence-electron chi connectivity index (χ0n) is 8.62. The molecule has 1 unspecified atom stereocenters. The minimum Gasteiger partial charge on any atom is -0.412 e. The molecule has 0 radical (unpaired) electrons. The fourth-order valence-corrected chi connectivity index (χ4v) is 1.14. The van der Waals surface area contributed by atoms with Crippen molar-refractivity contribution in [2.45, 2.75) is 19.4 Å². The Kier molecular flexibility index (Phi) is 5.35. The third kappa shape index (κ3) is 4.06. The van der Waals surface area contributed by atoms with Crippen LogP contribution in [0, 0.1) is 0 Å². The van der Waals surface area contributed by atoms with Gasteiger partial charge in [0.1, 0.15) is 0 Å². The van der Waals surface area contributed by atoms with E-state index in [2.05, 4.69) is 56.3 Å². The van der Waals surface area contributed by atoms with Crippen molar-refractivity contribution in [3.05, 3.63) is 35.9 Å². The van der Waals surface area contributed by atoms with E-state index >= 15 is 0 Å². The smallest absolute Gasteiger partial charge is 0.0101 e. The molecule has 2 nitrogen and oxygen atoms in total. The van der Waals surface area contributed by atoms with E-state index in [1.807, 2.05) is 0 Å². The largest absolute Gasteiger partial charge is 0.412 e. The lowest BCUT2D eigenvalue weighted by Crippen LogP contribution is -2.26. The van der Waals surface area contributed by atoms with Crippen LogP contribution in [-0.2, 0) is 6.42 Å². The average molecular weight is 181 g/mol. The molecule has 0 aliphatic heterocycles. The maximum atomic E-state index is 2.24. The molecule has 0 aliphatic rings. The third-order valence-electron chi connectivity index (χ3n) is 2.26. The Morgan fingerprint density at radius 2 is 1.69 bits per heavy atom. The minimum atomic E-state index is 0. The van der Waals surface area contributed by atoms with Gasteiger partial charge in [0.15, 0.2) is 0 Å². The van der Waals surface area contributed by atoms with Crippen LogP contribution in [0.25, 0.3) is 0 Å². The van der Waals surface area contributed by atoms with Crippen LogP contribution >= 0.6 is 0 Å². The van der Waals surface area contributed by atoms with E-state index in [-0.39, 0.29) is 5.48 Å². The first kappa shape index (κ1) is 12.1. The molecule has 2 N–H and O–H groups in total. The monoisotopic (exact) mass is 181 g/mol. The second-order valence-electron chi connectivity index (χ2n) is 3.50. The van der Waals surface area contributed by atoms with Crippen molar-refractivity contribution in [3.8, 4) is 0 Å². The van der Waals surface area contributed by atoms with E-state index < -0.39 is 0 Å². The summed E-state index contributed by atoms with van der Waals surface area (Å²) in [5.41, 5.74) is 1.42. The standard InChI is InChI=1S/C11H17N.H2O/c1-10(12(2)3)9-11-7-5-4-6-8-11;/h4-8,10H,9H2,1-3H3;1H2. The van der Waals surface area contributed by atoms with Crippen LogP contribution < -0.4 is 0 Å². The average Bonchev–Trinajstić information content (AvgIpc) is 2.06. The molecule has 0 aromatic heterocycles. The van der Waals surface area contributed by atoms with Crippen LogP contribution in [0.1, 0.15) is 12.5 Å². The molecule has 1 atom stereocenters. The quantitative estimate of drug-likeness (QED) is 0.693. The lowest BCUT2D eigenvalue weighted by Gasteiger charge is -2.19. The number of hydrogen-bond acceptors (Lipinski definition) is 1. The lowest BCUT2D eigenvalue weighted by molar-refractivity contribution is 0.312. The molecule has 1 aromatic carbocycles. The summed E-state index contributed by atoms with van der Waals surface area (Å²) < 4.78 is 0. The van der Waals surface area contributed by atoms with Crippen molar-refractivity contribution in [1.82, 2.24) is 4.90 Å². The number of hydrogen-bond donors (Lipinski definition) is 0. The highest BCUT2D eigenvalue weighted by Gasteiger charge is 2.04. The second kappa shape index (κ2) is 5.73. The fraction of sp³-hybridized carbons (Fsp3) is 0.455. The van der Waals surface area contributed by atoms with E-state index in [0.717, 1.165) is 6.42 Å². The zero-order chi connectivity index (χ0) is 8.97. The van der Waals surface area contributed by atoms with Crippen molar-refractivity contribution in [3.63, 3.8) is 0 Å². The number of nitrogens with zero attached hydrogens (tertiary/aromatic N) is 1. The lowest BCUT2D eigenvalue weighted by atomic mass is 10.1. The molecule has 0 aliphatic carbocycles. The van der Waals surface area contributed by atoms with E-state index in [1.54, 1.807) is 0 Å². The highest BCUT2D eigenvalue weighted by atomic mass is 16.0.